The maximum absolute atomic E-state index is 11.6. The molecule has 0 aromatic rings. The van der Waals surface area contributed by atoms with Crippen LogP contribution in [0.2, 0.25) is 0 Å². The second-order valence-corrected chi connectivity index (χ2v) is 5.94. The van der Waals surface area contributed by atoms with Gasteiger partial charge in [0, 0.05) is 6.42 Å². The van der Waals surface area contributed by atoms with E-state index in [-0.39, 0.29) is 5.41 Å². The molecule has 0 bridgehead atoms. The van der Waals surface area contributed by atoms with E-state index in [1.165, 1.54) is 24.0 Å². The van der Waals surface area contributed by atoms with Gasteiger partial charge in [0.05, 0.1) is 0 Å². The molecule has 2 rings (SSSR count). The maximum atomic E-state index is 11.6. The van der Waals surface area contributed by atoms with Crippen molar-refractivity contribution >= 4 is 5.78 Å². The van der Waals surface area contributed by atoms with Crippen LogP contribution in [-0.2, 0) is 4.79 Å². The predicted octanol–water partition coefficient (Wildman–Crippen LogP) is 3.90. The topological polar surface area (TPSA) is 17.1 Å². The van der Waals surface area contributed by atoms with Gasteiger partial charge in [-0.15, -0.1) is 0 Å². The fourth-order valence-corrected chi connectivity index (χ4v) is 3.32. The monoisotopic (exact) mass is 218 g/mol. The molecule has 2 aliphatic carbocycles. The maximum Gasteiger partial charge on any atom is 0.155 e. The molecule has 2 aliphatic rings. The molecule has 16 heavy (non-hydrogen) atoms. The molecular formula is C15H22O. The summed E-state index contributed by atoms with van der Waals surface area (Å²) < 4.78 is 0. The van der Waals surface area contributed by atoms with Gasteiger partial charge >= 0.3 is 0 Å². The fraction of sp³-hybridized carbons (Fsp3) is 0.667. The van der Waals surface area contributed by atoms with Crippen molar-refractivity contribution in [2.75, 3.05) is 0 Å². The van der Waals surface area contributed by atoms with Crippen LogP contribution in [-0.4, -0.2) is 5.78 Å². The van der Waals surface area contributed by atoms with Crippen LogP contribution >= 0.6 is 0 Å². The van der Waals surface area contributed by atoms with Gasteiger partial charge in [0.15, 0.2) is 5.78 Å². The zero-order chi connectivity index (χ0) is 11.9. The molecule has 0 aromatic heterocycles. The van der Waals surface area contributed by atoms with E-state index < -0.39 is 0 Å². The lowest BCUT2D eigenvalue weighted by atomic mass is 9.57. The molecule has 0 aromatic carbocycles. The lowest BCUT2D eigenvalue weighted by molar-refractivity contribution is -0.117. The summed E-state index contributed by atoms with van der Waals surface area (Å²) in [7, 11) is 0. The number of rotatable bonds is 1. The third kappa shape index (κ3) is 1.77. The number of ketones is 1. The summed E-state index contributed by atoms with van der Waals surface area (Å²) in [5, 5.41) is 0. The molecule has 0 saturated heterocycles. The quantitative estimate of drug-likeness (QED) is 0.610. The minimum absolute atomic E-state index is 0.246. The number of hydrogen-bond acceptors (Lipinski definition) is 1. The number of fused-ring (bicyclic) bond motifs is 1. The van der Waals surface area contributed by atoms with Gasteiger partial charge in [-0.2, -0.15) is 0 Å². The normalized spacial score (nSPS) is 38.9. The Morgan fingerprint density at radius 1 is 1.56 bits per heavy atom. The zero-order valence-corrected chi connectivity index (χ0v) is 10.7. The molecule has 88 valence electrons. The van der Waals surface area contributed by atoms with Gasteiger partial charge < -0.3 is 0 Å². The van der Waals surface area contributed by atoms with Crippen molar-refractivity contribution in [3.63, 3.8) is 0 Å². The Labute approximate surface area is 98.6 Å². The van der Waals surface area contributed by atoms with Crippen LogP contribution in [0.15, 0.2) is 23.8 Å². The van der Waals surface area contributed by atoms with Crippen molar-refractivity contribution in [3.8, 4) is 0 Å². The van der Waals surface area contributed by atoms with E-state index in [9.17, 15) is 4.79 Å². The van der Waals surface area contributed by atoms with Crippen LogP contribution in [0.1, 0.15) is 46.5 Å². The minimum atomic E-state index is 0.246. The number of carbonyl (C=O) groups excluding carboxylic acids is 1. The summed E-state index contributed by atoms with van der Waals surface area (Å²) in [5.74, 6) is 1.47. The van der Waals surface area contributed by atoms with E-state index in [1.54, 1.807) is 0 Å². The molecule has 0 aliphatic heterocycles. The van der Waals surface area contributed by atoms with E-state index in [0.29, 0.717) is 17.6 Å². The molecule has 1 saturated carbocycles. The molecule has 1 nitrogen and oxygen atoms in total. The van der Waals surface area contributed by atoms with E-state index in [4.69, 9.17) is 0 Å². The Morgan fingerprint density at radius 3 is 2.88 bits per heavy atom. The fourth-order valence-electron chi connectivity index (χ4n) is 3.32. The SMILES string of the molecule is C=C(C)[C@H]1CCC2=CC(=O)C[C@H](C)[C@]2(C)C1. The summed E-state index contributed by atoms with van der Waals surface area (Å²) in [4.78, 5) is 11.6. The van der Waals surface area contributed by atoms with Gasteiger partial charge in [-0.05, 0) is 49.5 Å². The molecule has 0 N–H and O–H groups in total. The van der Waals surface area contributed by atoms with Crippen LogP contribution in [0.5, 0.6) is 0 Å². The standard InChI is InChI=1S/C15H22O/c1-10(2)12-5-6-13-8-14(16)7-11(3)15(13,4)9-12/h8,11-12H,1,5-7,9H2,2-4H3/t11-,12-,15-/m0/s1. The lowest BCUT2D eigenvalue weighted by Crippen LogP contribution is -2.38. The summed E-state index contributed by atoms with van der Waals surface area (Å²) in [6.45, 7) is 10.8. The highest BCUT2D eigenvalue weighted by Crippen LogP contribution is 2.52. The van der Waals surface area contributed by atoms with Crippen molar-refractivity contribution < 1.29 is 4.79 Å². The van der Waals surface area contributed by atoms with E-state index >= 15 is 0 Å². The van der Waals surface area contributed by atoms with Crippen molar-refractivity contribution in [1.82, 2.24) is 0 Å². The molecular weight excluding hydrogens is 196 g/mol. The Kier molecular flexibility index (Phi) is 2.81. The highest BCUT2D eigenvalue weighted by Gasteiger charge is 2.43. The first-order valence-electron chi connectivity index (χ1n) is 6.33. The zero-order valence-electron chi connectivity index (χ0n) is 10.7. The molecule has 3 atom stereocenters. The molecule has 0 amide bonds. The van der Waals surface area contributed by atoms with Gasteiger partial charge in [0.2, 0.25) is 0 Å². The third-order valence-corrected chi connectivity index (χ3v) is 4.79. The van der Waals surface area contributed by atoms with Crippen molar-refractivity contribution in [3.05, 3.63) is 23.8 Å². The smallest absolute Gasteiger partial charge is 0.155 e. The number of hydrogen-bond donors (Lipinski definition) is 0. The average molecular weight is 218 g/mol. The number of allylic oxidation sites excluding steroid dienone is 3. The Bertz CT molecular complexity index is 364. The molecule has 0 radical (unpaired) electrons. The first kappa shape index (κ1) is 11.6. The lowest BCUT2D eigenvalue weighted by Gasteiger charge is -2.47. The largest absolute Gasteiger partial charge is 0.295 e. The summed E-state index contributed by atoms with van der Waals surface area (Å²) >= 11 is 0. The third-order valence-electron chi connectivity index (χ3n) is 4.79. The van der Waals surface area contributed by atoms with Crippen LogP contribution in [0.3, 0.4) is 0 Å². The van der Waals surface area contributed by atoms with Gasteiger partial charge in [-0.25, -0.2) is 0 Å². The van der Waals surface area contributed by atoms with E-state index in [0.717, 1.165) is 12.8 Å². The van der Waals surface area contributed by atoms with Gasteiger partial charge in [0.25, 0.3) is 0 Å². The molecule has 0 unspecified atom stereocenters. The Morgan fingerprint density at radius 2 is 2.25 bits per heavy atom. The van der Waals surface area contributed by atoms with Crippen LogP contribution < -0.4 is 0 Å². The molecule has 1 fully saturated rings. The highest BCUT2D eigenvalue weighted by atomic mass is 16.1. The first-order valence-corrected chi connectivity index (χ1v) is 6.33. The summed E-state index contributed by atoms with van der Waals surface area (Å²) in [6, 6.07) is 0. The second kappa shape index (κ2) is 3.87. The van der Waals surface area contributed by atoms with E-state index in [2.05, 4.69) is 27.4 Å². The van der Waals surface area contributed by atoms with Gasteiger partial charge in [0.1, 0.15) is 0 Å². The molecule has 1 heteroatoms. The van der Waals surface area contributed by atoms with Crippen LogP contribution in [0.4, 0.5) is 0 Å². The average Bonchev–Trinajstić information content (AvgIpc) is 2.19. The van der Waals surface area contributed by atoms with Crippen molar-refractivity contribution in [2.24, 2.45) is 17.3 Å². The summed E-state index contributed by atoms with van der Waals surface area (Å²) in [5.41, 5.74) is 2.95. The molecule has 0 heterocycles. The predicted molar refractivity (Wildman–Crippen MR) is 67.1 cm³/mol. The van der Waals surface area contributed by atoms with Crippen LogP contribution in [0.25, 0.3) is 0 Å². The Hall–Kier alpha value is -0.850. The van der Waals surface area contributed by atoms with Gasteiger partial charge in [-0.1, -0.05) is 31.6 Å². The summed E-state index contributed by atoms with van der Waals surface area (Å²) in [6.07, 6.45) is 6.10. The Balaban J connectivity index is 2.30. The van der Waals surface area contributed by atoms with Crippen molar-refractivity contribution in [1.29, 1.82) is 0 Å². The number of carbonyl (C=O) groups is 1. The van der Waals surface area contributed by atoms with Gasteiger partial charge in [-0.3, -0.25) is 4.79 Å². The highest BCUT2D eigenvalue weighted by molar-refractivity contribution is 5.92. The van der Waals surface area contributed by atoms with Crippen molar-refractivity contribution in [2.45, 2.75) is 46.5 Å². The minimum Gasteiger partial charge on any atom is -0.295 e. The molecule has 0 spiro atoms. The van der Waals surface area contributed by atoms with Crippen LogP contribution in [0, 0.1) is 17.3 Å². The second-order valence-electron chi connectivity index (χ2n) is 5.94. The first-order chi connectivity index (χ1) is 7.43. The van der Waals surface area contributed by atoms with E-state index in [1.807, 2.05) is 6.08 Å².